The molecule has 1 aliphatic carbocycles. The Balaban J connectivity index is 1.59. The molecular weight excluding hydrogens is 278 g/mol. The van der Waals surface area contributed by atoms with Gasteiger partial charge in [0.25, 0.3) is 0 Å². The summed E-state index contributed by atoms with van der Waals surface area (Å²) >= 11 is 0. The summed E-state index contributed by atoms with van der Waals surface area (Å²) in [5, 5.41) is 11.4. The van der Waals surface area contributed by atoms with Gasteiger partial charge < -0.3 is 4.90 Å². The number of hydrogen-bond acceptors (Lipinski definition) is 4. The maximum atomic E-state index is 13.0. The highest BCUT2D eigenvalue weighted by Crippen LogP contribution is 2.38. The number of hydrogen-bond donors (Lipinski definition) is 0. The van der Waals surface area contributed by atoms with Gasteiger partial charge in [-0.3, -0.25) is 4.79 Å². The van der Waals surface area contributed by atoms with E-state index in [0.717, 1.165) is 18.5 Å². The molecule has 2 bridgehead atoms. The lowest BCUT2D eigenvalue weighted by Crippen LogP contribution is -2.43. The largest absolute Gasteiger partial charge is 0.338 e. The van der Waals surface area contributed by atoms with Crippen LogP contribution in [0.2, 0.25) is 0 Å². The van der Waals surface area contributed by atoms with Crippen LogP contribution in [-0.2, 0) is 11.2 Å². The molecule has 1 aromatic carbocycles. The van der Waals surface area contributed by atoms with Crippen LogP contribution in [0.15, 0.2) is 36.7 Å². The number of likely N-dealkylation sites (tertiary alicyclic amines) is 1. The second-order valence-electron chi connectivity index (χ2n) is 6.32. The van der Waals surface area contributed by atoms with Crippen LogP contribution in [0.5, 0.6) is 0 Å². The molecule has 1 saturated heterocycles. The fraction of sp³-hybridized carbons (Fsp3) is 0.500. The van der Waals surface area contributed by atoms with Crippen LogP contribution < -0.4 is 0 Å². The van der Waals surface area contributed by atoms with Crippen molar-refractivity contribution in [3.05, 3.63) is 42.2 Å². The summed E-state index contributed by atoms with van der Waals surface area (Å²) in [7, 11) is 0. The minimum absolute atomic E-state index is 0.156. The van der Waals surface area contributed by atoms with Crippen molar-refractivity contribution in [3.63, 3.8) is 0 Å². The van der Waals surface area contributed by atoms with Gasteiger partial charge in [-0.05, 0) is 41.2 Å². The van der Waals surface area contributed by atoms with Crippen LogP contribution in [0.4, 0.5) is 0 Å². The van der Waals surface area contributed by atoms with Crippen LogP contribution in [0, 0.1) is 5.92 Å². The second kappa shape index (κ2) is 5.51. The summed E-state index contributed by atoms with van der Waals surface area (Å²) in [4.78, 5) is 15.1. The fourth-order valence-electron chi connectivity index (χ4n) is 3.83. The summed E-state index contributed by atoms with van der Waals surface area (Å²) in [5.41, 5.74) is 1.13. The third-order valence-corrected chi connectivity index (χ3v) is 4.93. The predicted octanol–water partition coefficient (Wildman–Crippen LogP) is 1.47. The predicted molar refractivity (Wildman–Crippen MR) is 79.8 cm³/mol. The molecule has 114 valence electrons. The van der Waals surface area contributed by atoms with Gasteiger partial charge in [-0.25, -0.2) is 4.68 Å². The van der Waals surface area contributed by atoms with Crippen molar-refractivity contribution >= 4 is 5.91 Å². The number of fused-ring (bicyclic) bond motifs is 2. The van der Waals surface area contributed by atoms with Crippen molar-refractivity contribution in [2.24, 2.45) is 5.92 Å². The van der Waals surface area contributed by atoms with Crippen molar-refractivity contribution in [1.82, 2.24) is 25.1 Å². The van der Waals surface area contributed by atoms with Gasteiger partial charge in [-0.15, -0.1) is 5.10 Å². The molecule has 1 aromatic heterocycles. The third-order valence-electron chi connectivity index (χ3n) is 4.93. The Morgan fingerprint density at radius 2 is 2.14 bits per heavy atom. The van der Waals surface area contributed by atoms with Crippen molar-refractivity contribution in [2.45, 2.75) is 37.8 Å². The number of amides is 1. The van der Waals surface area contributed by atoms with Crippen LogP contribution in [0.1, 0.15) is 30.9 Å². The van der Waals surface area contributed by atoms with E-state index in [9.17, 15) is 4.79 Å². The summed E-state index contributed by atoms with van der Waals surface area (Å²) < 4.78 is 1.60. The van der Waals surface area contributed by atoms with Crippen LogP contribution in [-0.4, -0.2) is 43.6 Å². The minimum Gasteiger partial charge on any atom is -0.338 e. The number of rotatable bonds is 4. The van der Waals surface area contributed by atoms with Crippen molar-refractivity contribution in [3.8, 4) is 0 Å². The maximum absolute atomic E-state index is 13.0. The molecule has 6 nitrogen and oxygen atoms in total. The molecule has 6 heteroatoms. The molecule has 0 radical (unpaired) electrons. The Kier molecular flexibility index (Phi) is 3.36. The monoisotopic (exact) mass is 297 g/mol. The third kappa shape index (κ3) is 2.38. The Labute approximate surface area is 129 Å². The lowest BCUT2D eigenvalue weighted by Gasteiger charge is -2.30. The Morgan fingerprint density at radius 3 is 2.77 bits per heavy atom. The Morgan fingerprint density at radius 1 is 1.27 bits per heavy atom. The maximum Gasteiger partial charge on any atom is 0.248 e. The lowest BCUT2D eigenvalue weighted by molar-refractivity contribution is -0.136. The van der Waals surface area contributed by atoms with Gasteiger partial charge in [0.05, 0.1) is 0 Å². The van der Waals surface area contributed by atoms with Crippen LogP contribution >= 0.6 is 0 Å². The first-order valence-electron chi connectivity index (χ1n) is 7.88. The standard InChI is InChI=1S/C16H19N5O/c22-16(20-10-13-6-7-14(20)8-13)15(21-11-17-18-19-21)9-12-4-2-1-3-5-12/h1-5,11,13-15H,6-10H2/t13-,14-,15-/m0/s1. The molecule has 1 aliphatic heterocycles. The average molecular weight is 297 g/mol. The number of tetrazole rings is 1. The molecule has 2 aromatic rings. The van der Waals surface area contributed by atoms with E-state index in [0.29, 0.717) is 18.4 Å². The number of benzene rings is 1. The van der Waals surface area contributed by atoms with E-state index in [1.807, 2.05) is 30.3 Å². The van der Waals surface area contributed by atoms with Crippen molar-refractivity contribution in [2.75, 3.05) is 6.54 Å². The van der Waals surface area contributed by atoms with E-state index in [-0.39, 0.29) is 11.9 Å². The van der Waals surface area contributed by atoms with E-state index in [2.05, 4.69) is 20.4 Å². The van der Waals surface area contributed by atoms with E-state index in [1.54, 1.807) is 11.0 Å². The number of piperidine rings is 1. The highest BCUT2D eigenvalue weighted by molar-refractivity contribution is 5.81. The SMILES string of the molecule is O=C([C@H](Cc1ccccc1)n1cnnn1)N1C[C@H]2CC[C@H]1C2. The number of nitrogens with zero attached hydrogens (tertiary/aromatic N) is 5. The molecule has 0 N–H and O–H groups in total. The fourth-order valence-corrected chi connectivity index (χ4v) is 3.83. The van der Waals surface area contributed by atoms with Gasteiger partial charge in [0, 0.05) is 19.0 Å². The zero-order valence-electron chi connectivity index (χ0n) is 12.4. The number of carbonyl (C=O) groups is 1. The Bertz CT molecular complexity index is 642. The molecule has 4 rings (SSSR count). The zero-order chi connectivity index (χ0) is 14.9. The summed E-state index contributed by atoms with van der Waals surface area (Å²) in [6.45, 7) is 0.900. The quantitative estimate of drug-likeness (QED) is 0.857. The Hall–Kier alpha value is -2.24. The highest BCUT2D eigenvalue weighted by Gasteiger charge is 2.42. The van der Waals surface area contributed by atoms with Gasteiger partial charge in [0.1, 0.15) is 12.4 Å². The zero-order valence-corrected chi connectivity index (χ0v) is 12.4. The van der Waals surface area contributed by atoms with E-state index in [4.69, 9.17) is 0 Å². The molecule has 0 unspecified atom stereocenters. The van der Waals surface area contributed by atoms with Crippen LogP contribution in [0.3, 0.4) is 0 Å². The molecule has 1 saturated carbocycles. The first-order valence-corrected chi connectivity index (χ1v) is 7.88. The molecule has 2 fully saturated rings. The molecule has 1 amide bonds. The van der Waals surface area contributed by atoms with Crippen LogP contribution in [0.25, 0.3) is 0 Å². The average Bonchev–Trinajstić information content (AvgIpc) is 3.29. The van der Waals surface area contributed by atoms with Crippen molar-refractivity contribution in [1.29, 1.82) is 0 Å². The van der Waals surface area contributed by atoms with Gasteiger partial charge in [0.2, 0.25) is 5.91 Å². The molecule has 2 heterocycles. The normalized spacial score (nSPS) is 24.6. The number of carbonyl (C=O) groups excluding carboxylic acids is 1. The van der Waals surface area contributed by atoms with Gasteiger partial charge >= 0.3 is 0 Å². The molecular formula is C16H19N5O. The first kappa shape index (κ1) is 13.4. The molecule has 22 heavy (non-hydrogen) atoms. The summed E-state index contributed by atoms with van der Waals surface area (Å²) in [6.07, 6.45) is 5.74. The number of aromatic nitrogens is 4. The summed E-state index contributed by atoms with van der Waals surface area (Å²) in [5.74, 6) is 0.851. The van der Waals surface area contributed by atoms with Crippen molar-refractivity contribution < 1.29 is 4.79 Å². The summed E-state index contributed by atoms with van der Waals surface area (Å²) in [6, 6.07) is 10.1. The highest BCUT2D eigenvalue weighted by atomic mass is 16.2. The first-order chi connectivity index (χ1) is 10.8. The van der Waals surface area contributed by atoms with E-state index in [1.165, 1.54) is 12.8 Å². The van der Waals surface area contributed by atoms with Gasteiger partial charge in [0.15, 0.2) is 0 Å². The molecule has 2 aliphatic rings. The smallest absolute Gasteiger partial charge is 0.248 e. The van der Waals surface area contributed by atoms with E-state index < -0.39 is 0 Å². The lowest BCUT2D eigenvalue weighted by atomic mass is 10.0. The molecule has 3 atom stereocenters. The minimum atomic E-state index is -0.350. The van der Waals surface area contributed by atoms with Gasteiger partial charge in [-0.2, -0.15) is 0 Å². The van der Waals surface area contributed by atoms with Gasteiger partial charge in [-0.1, -0.05) is 30.3 Å². The topological polar surface area (TPSA) is 63.9 Å². The van der Waals surface area contributed by atoms with E-state index >= 15 is 0 Å². The molecule has 0 spiro atoms. The second-order valence-corrected chi connectivity index (χ2v) is 6.32.